The molecule has 0 spiro atoms. The van der Waals surface area contributed by atoms with E-state index >= 15 is 0 Å². The minimum atomic E-state index is 0.362. The Hall–Kier alpha value is -3.05. The highest BCUT2D eigenvalue weighted by Gasteiger charge is 2.14. The molecule has 0 bridgehead atoms. The van der Waals surface area contributed by atoms with Gasteiger partial charge in [-0.15, -0.1) is 0 Å². The minimum Gasteiger partial charge on any atom is -0.490 e. The number of nitrogens with one attached hydrogen (secondary N) is 1. The maximum absolute atomic E-state index is 6.28. The van der Waals surface area contributed by atoms with Gasteiger partial charge in [0.2, 0.25) is 0 Å². The van der Waals surface area contributed by atoms with E-state index in [0.29, 0.717) is 49.5 Å². The second-order valence-electron chi connectivity index (χ2n) is 6.77. The molecule has 0 saturated carbocycles. The number of para-hydroxylation sites is 1. The van der Waals surface area contributed by atoms with E-state index in [9.17, 15) is 0 Å². The highest BCUT2D eigenvalue weighted by Crippen LogP contribution is 2.35. The lowest BCUT2D eigenvalue weighted by Gasteiger charge is -2.20. The minimum absolute atomic E-state index is 0.362. The molecule has 4 rings (SSSR count). The van der Waals surface area contributed by atoms with E-state index < -0.39 is 0 Å². The van der Waals surface area contributed by atoms with Gasteiger partial charge in [0.05, 0.1) is 6.61 Å². The van der Waals surface area contributed by atoms with Crippen LogP contribution < -0.4 is 24.3 Å². The number of hydrogen-bond acceptors (Lipinski definition) is 5. The molecule has 0 aromatic heterocycles. The lowest BCUT2D eigenvalue weighted by atomic mass is 10.1. The van der Waals surface area contributed by atoms with Crippen LogP contribution in [0.4, 0.5) is 5.69 Å². The monoisotopic (exact) mass is 425 g/mol. The normalized spacial score (nSPS) is 12.3. The van der Waals surface area contributed by atoms with Crippen LogP contribution in [0.15, 0.2) is 60.7 Å². The van der Waals surface area contributed by atoms with Crippen LogP contribution in [0.2, 0.25) is 5.02 Å². The molecule has 1 aliphatic rings. The number of anilines is 1. The third-order valence-electron chi connectivity index (χ3n) is 4.72. The van der Waals surface area contributed by atoms with Crippen molar-refractivity contribution in [2.75, 3.05) is 25.1 Å². The standard InChI is InChI=1S/C24H24ClNO4/c1-2-27-22-9-5-7-17(24(22)30-16-18-6-3-4-8-20(18)25)15-26-19-10-11-21-23(14-19)29-13-12-28-21/h3-11,14,26H,2,12-13,15-16H2,1H3. The van der Waals surface area contributed by atoms with Crippen molar-refractivity contribution in [3.63, 3.8) is 0 Å². The first-order valence-corrected chi connectivity index (χ1v) is 10.4. The average molecular weight is 426 g/mol. The van der Waals surface area contributed by atoms with Gasteiger partial charge in [-0.25, -0.2) is 0 Å². The van der Waals surface area contributed by atoms with Gasteiger partial charge in [-0.05, 0) is 31.2 Å². The zero-order valence-electron chi connectivity index (χ0n) is 16.8. The fourth-order valence-corrected chi connectivity index (χ4v) is 3.44. The van der Waals surface area contributed by atoms with Crippen molar-refractivity contribution in [2.24, 2.45) is 0 Å². The van der Waals surface area contributed by atoms with E-state index in [2.05, 4.69) is 5.32 Å². The van der Waals surface area contributed by atoms with Crippen molar-refractivity contribution >= 4 is 17.3 Å². The molecule has 3 aromatic carbocycles. The van der Waals surface area contributed by atoms with E-state index in [1.807, 2.05) is 67.6 Å². The van der Waals surface area contributed by atoms with Crippen molar-refractivity contribution in [2.45, 2.75) is 20.1 Å². The molecule has 1 N–H and O–H groups in total. The summed E-state index contributed by atoms with van der Waals surface area (Å²) in [6.07, 6.45) is 0. The molecule has 0 fully saturated rings. The Bertz CT molecular complexity index is 1010. The fourth-order valence-electron chi connectivity index (χ4n) is 3.25. The highest BCUT2D eigenvalue weighted by atomic mass is 35.5. The summed E-state index contributed by atoms with van der Waals surface area (Å²) in [5, 5.41) is 4.12. The summed E-state index contributed by atoms with van der Waals surface area (Å²) in [5.74, 6) is 2.95. The molecule has 0 atom stereocenters. The predicted octanol–water partition coefficient (Wildman–Crippen LogP) is 5.70. The largest absolute Gasteiger partial charge is 0.490 e. The maximum Gasteiger partial charge on any atom is 0.166 e. The Balaban J connectivity index is 1.52. The van der Waals surface area contributed by atoms with E-state index in [0.717, 1.165) is 28.3 Å². The fraction of sp³-hybridized carbons (Fsp3) is 0.250. The van der Waals surface area contributed by atoms with Crippen LogP contribution in [0.1, 0.15) is 18.1 Å². The molecule has 0 unspecified atom stereocenters. The highest BCUT2D eigenvalue weighted by molar-refractivity contribution is 6.31. The molecule has 156 valence electrons. The van der Waals surface area contributed by atoms with Gasteiger partial charge in [0.15, 0.2) is 23.0 Å². The topological polar surface area (TPSA) is 49.0 Å². The van der Waals surface area contributed by atoms with E-state index in [1.165, 1.54) is 0 Å². The molecule has 6 heteroatoms. The molecule has 5 nitrogen and oxygen atoms in total. The van der Waals surface area contributed by atoms with Crippen LogP contribution in [0.3, 0.4) is 0 Å². The molecule has 3 aromatic rings. The second kappa shape index (κ2) is 9.63. The van der Waals surface area contributed by atoms with Crippen LogP contribution in [0.5, 0.6) is 23.0 Å². The van der Waals surface area contributed by atoms with Crippen LogP contribution in [-0.2, 0) is 13.2 Å². The first-order valence-electron chi connectivity index (χ1n) is 9.99. The Morgan fingerprint density at radius 2 is 1.70 bits per heavy atom. The lowest BCUT2D eigenvalue weighted by molar-refractivity contribution is 0.171. The zero-order valence-corrected chi connectivity index (χ0v) is 17.6. The van der Waals surface area contributed by atoms with Crippen molar-refractivity contribution in [1.29, 1.82) is 0 Å². The van der Waals surface area contributed by atoms with Crippen LogP contribution in [0, 0.1) is 0 Å². The number of hydrogen-bond donors (Lipinski definition) is 1. The predicted molar refractivity (Wildman–Crippen MR) is 118 cm³/mol. The summed E-state index contributed by atoms with van der Waals surface area (Å²) < 4.78 is 23.2. The number of fused-ring (bicyclic) bond motifs is 1. The Labute approximate surface area is 181 Å². The van der Waals surface area contributed by atoms with Crippen LogP contribution in [-0.4, -0.2) is 19.8 Å². The number of rotatable bonds is 8. The van der Waals surface area contributed by atoms with Crippen molar-refractivity contribution in [1.82, 2.24) is 0 Å². The number of ether oxygens (including phenoxy) is 4. The van der Waals surface area contributed by atoms with Gasteiger partial charge < -0.3 is 24.3 Å². The van der Waals surface area contributed by atoms with Crippen molar-refractivity contribution in [3.05, 3.63) is 76.8 Å². The van der Waals surface area contributed by atoms with Gasteiger partial charge in [0, 0.05) is 34.4 Å². The van der Waals surface area contributed by atoms with Gasteiger partial charge >= 0.3 is 0 Å². The van der Waals surface area contributed by atoms with E-state index in [4.69, 9.17) is 30.5 Å². The number of halogens is 1. The van der Waals surface area contributed by atoms with Gasteiger partial charge in [-0.1, -0.05) is 41.9 Å². The van der Waals surface area contributed by atoms with Gasteiger partial charge in [-0.3, -0.25) is 0 Å². The molecule has 0 amide bonds. The Kier molecular flexibility index (Phi) is 6.50. The van der Waals surface area contributed by atoms with Crippen molar-refractivity contribution < 1.29 is 18.9 Å². The lowest BCUT2D eigenvalue weighted by Crippen LogP contribution is -2.15. The van der Waals surface area contributed by atoms with Crippen LogP contribution >= 0.6 is 11.6 Å². The summed E-state index contributed by atoms with van der Waals surface area (Å²) in [6.45, 7) is 4.58. The summed E-state index contributed by atoms with van der Waals surface area (Å²) in [4.78, 5) is 0. The molecule has 30 heavy (non-hydrogen) atoms. The summed E-state index contributed by atoms with van der Waals surface area (Å²) in [6, 6.07) is 19.4. The molecule has 1 heterocycles. The molecular weight excluding hydrogens is 402 g/mol. The van der Waals surface area contributed by atoms with E-state index in [-0.39, 0.29) is 0 Å². The molecule has 0 radical (unpaired) electrons. The van der Waals surface area contributed by atoms with Crippen LogP contribution in [0.25, 0.3) is 0 Å². The Morgan fingerprint density at radius 1 is 0.900 bits per heavy atom. The molecule has 0 saturated heterocycles. The van der Waals surface area contributed by atoms with Gasteiger partial charge in [0.25, 0.3) is 0 Å². The maximum atomic E-state index is 6.28. The number of benzene rings is 3. The summed E-state index contributed by atoms with van der Waals surface area (Å²) >= 11 is 6.28. The summed E-state index contributed by atoms with van der Waals surface area (Å²) in [5.41, 5.74) is 2.86. The molecular formula is C24H24ClNO4. The van der Waals surface area contributed by atoms with Gasteiger partial charge in [-0.2, -0.15) is 0 Å². The van der Waals surface area contributed by atoms with Crippen molar-refractivity contribution in [3.8, 4) is 23.0 Å². The average Bonchev–Trinajstić information content (AvgIpc) is 2.78. The first-order chi connectivity index (χ1) is 14.7. The zero-order chi connectivity index (χ0) is 20.8. The smallest absolute Gasteiger partial charge is 0.166 e. The summed E-state index contributed by atoms with van der Waals surface area (Å²) in [7, 11) is 0. The molecule has 1 aliphatic heterocycles. The van der Waals surface area contributed by atoms with Gasteiger partial charge in [0.1, 0.15) is 19.8 Å². The SMILES string of the molecule is CCOc1cccc(CNc2ccc3c(c2)OCCO3)c1OCc1ccccc1Cl. The second-order valence-corrected chi connectivity index (χ2v) is 7.18. The third kappa shape index (κ3) is 4.74. The Morgan fingerprint density at radius 3 is 2.53 bits per heavy atom. The molecule has 0 aliphatic carbocycles. The third-order valence-corrected chi connectivity index (χ3v) is 5.08. The van der Waals surface area contributed by atoms with E-state index in [1.54, 1.807) is 0 Å². The quantitative estimate of drug-likeness (QED) is 0.501. The first kappa shape index (κ1) is 20.2.